The van der Waals surface area contributed by atoms with Crippen LogP contribution >= 0.6 is 0 Å². The fourth-order valence-corrected chi connectivity index (χ4v) is 7.56. The number of benzene rings is 3. The van der Waals surface area contributed by atoms with Gasteiger partial charge in [-0.2, -0.15) is 0 Å². The highest BCUT2D eigenvalue weighted by Gasteiger charge is 2.33. The number of para-hydroxylation sites is 1. The van der Waals surface area contributed by atoms with Gasteiger partial charge in [0.1, 0.15) is 5.75 Å². The Balaban J connectivity index is 1.42. The zero-order valence-corrected chi connectivity index (χ0v) is 34.3. The van der Waals surface area contributed by atoms with Gasteiger partial charge in [0, 0.05) is 43.8 Å². The van der Waals surface area contributed by atoms with E-state index in [1.165, 1.54) is 133 Å². The van der Waals surface area contributed by atoms with E-state index < -0.39 is 33.7 Å². The van der Waals surface area contributed by atoms with Gasteiger partial charge < -0.3 is 19.9 Å². The second kappa shape index (κ2) is 22.7. The summed E-state index contributed by atoms with van der Waals surface area (Å²) in [6.07, 6.45) is 21.8. The van der Waals surface area contributed by atoms with E-state index in [1.54, 1.807) is 36.4 Å². The third-order valence-corrected chi connectivity index (χ3v) is 11.8. The lowest BCUT2D eigenvalue weighted by Gasteiger charge is -2.21. The summed E-state index contributed by atoms with van der Waals surface area (Å²) in [5.41, 5.74) is 2.06. The van der Waals surface area contributed by atoms with E-state index in [1.807, 2.05) is 18.2 Å². The summed E-state index contributed by atoms with van der Waals surface area (Å²) < 4.78 is 33.3. The Labute approximate surface area is 333 Å². The van der Waals surface area contributed by atoms with E-state index in [0.29, 0.717) is 5.69 Å². The molecule has 3 aromatic carbocycles. The second-order valence-corrected chi connectivity index (χ2v) is 16.6. The van der Waals surface area contributed by atoms with Gasteiger partial charge in [0.25, 0.3) is 11.8 Å². The molecule has 0 aliphatic rings. The number of methoxy groups -OCH3 is 1. The van der Waals surface area contributed by atoms with Crippen LogP contribution in [0.4, 0.5) is 11.4 Å². The number of sulfonamides is 1. The maximum absolute atomic E-state index is 14.3. The van der Waals surface area contributed by atoms with Gasteiger partial charge in [-0.1, -0.05) is 133 Å². The number of rotatable bonds is 25. The molecule has 0 bridgehead atoms. The predicted octanol–water partition coefficient (Wildman–Crippen LogP) is 9.48. The molecule has 1 unspecified atom stereocenters. The lowest BCUT2D eigenvalue weighted by Crippen LogP contribution is -2.35. The highest BCUT2D eigenvalue weighted by molar-refractivity contribution is 7.89. The summed E-state index contributed by atoms with van der Waals surface area (Å²) in [5.74, 6) is -1.99. The second-order valence-electron chi connectivity index (χ2n) is 14.4. The number of ether oxygens (including phenoxy) is 1. The highest BCUT2D eigenvalue weighted by atomic mass is 32.2. The molecule has 11 nitrogen and oxygen atoms in total. The summed E-state index contributed by atoms with van der Waals surface area (Å²) in [4.78, 5) is 46.0. The fourth-order valence-electron chi connectivity index (χ4n) is 6.64. The van der Waals surface area contributed by atoms with Gasteiger partial charge in [-0.25, -0.2) is 17.7 Å². The number of carbonyl (C=O) groups is 3. The van der Waals surface area contributed by atoms with E-state index in [-0.39, 0.29) is 27.7 Å². The maximum atomic E-state index is 14.3. The number of amides is 2. The number of nitrogens with zero attached hydrogens (tertiary/aromatic N) is 3. The Bertz CT molecular complexity index is 1940. The molecule has 0 aliphatic carbocycles. The van der Waals surface area contributed by atoms with Crippen LogP contribution in [0.3, 0.4) is 0 Å². The molecule has 0 saturated carbocycles. The van der Waals surface area contributed by atoms with Crippen molar-refractivity contribution in [1.82, 2.24) is 13.9 Å². The zero-order chi connectivity index (χ0) is 40.3. The van der Waals surface area contributed by atoms with Gasteiger partial charge in [0.05, 0.1) is 17.7 Å². The van der Waals surface area contributed by atoms with Crippen molar-refractivity contribution >= 4 is 39.0 Å². The average molecular weight is 786 g/mol. The topological polar surface area (TPSA) is 140 Å². The molecule has 302 valence electrons. The van der Waals surface area contributed by atoms with E-state index in [2.05, 4.69) is 22.5 Å². The SMILES string of the molecule is CCCCCCCCCCCCCCCCc1ccc(C(=O)C(C(=O)Nc2ccc(S(=O)(=O)N(C)C)cc2OC)n2ccnc2C(=O)Nc2ccccc2)cc1. The molecule has 0 aliphatic heterocycles. The van der Waals surface area contributed by atoms with Crippen LogP contribution in [-0.4, -0.2) is 61.1 Å². The summed E-state index contributed by atoms with van der Waals surface area (Å²) >= 11 is 0. The standard InChI is InChI=1S/C44H59N5O6S/c1-5-6-7-8-9-10-11-12-13-14-15-16-17-19-22-34-25-27-35(28-26-34)41(50)40(49-32-31-45-42(49)44(52)46-36-23-20-18-21-24-36)43(51)47-38-30-29-37(33-39(38)55-4)56(53,54)48(2)3/h18,20-21,23-33,40H,5-17,19,22H2,1-4H3,(H,46,52)(H,47,51). The van der Waals surface area contributed by atoms with Gasteiger partial charge in [-0.05, 0) is 42.7 Å². The van der Waals surface area contributed by atoms with E-state index in [9.17, 15) is 22.8 Å². The van der Waals surface area contributed by atoms with E-state index in [0.717, 1.165) is 29.1 Å². The Hall–Kier alpha value is -4.81. The molecule has 12 heteroatoms. The highest BCUT2D eigenvalue weighted by Crippen LogP contribution is 2.30. The monoisotopic (exact) mass is 785 g/mol. The van der Waals surface area contributed by atoms with E-state index >= 15 is 0 Å². The number of carbonyl (C=O) groups excluding carboxylic acids is 3. The lowest BCUT2D eigenvalue weighted by molar-refractivity contribution is -0.118. The number of hydrogen-bond donors (Lipinski definition) is 2. The summed E-state index contributed by atoms with van der Waals surface area (Å²) in [5, 5.41) is 5.50. The minimum absolute atomic E-state index is 0.0337. The maximum Gasteiger partial charge on any atom is 0.291 e. The molecule has 0 fully saturated rings. The molecular formula is C44H59N5O6S. The number of ketones is 1. The number of unbranched alkanes of at least 4 members (excludes halogenated alkanes) is 13. The van der Waals surface area contributed by atoms with Gasteiger partial charge >= 0.3 is 0 Å². The number of nitrogens with one attached hydrogen (secondary N) is 2. The molecule has 1 atom stereocenters. The number of aromatic nitrogens is 2. The third-order valence-electron chi connectivity index (χ3n) is 9.95. The first-order chi connectivity index (χ1) is 27.1. The van der Waals surface area contributed by atoms with Gasteiger partial charge in [-0.3, -0.25) is 14.4 Å². The van der Waals surface area contributed by atoms with Crippen LogP contribution in [0.1, 0.15) is 129 Å². The normalized spacial score (nSPS) is 12.0. The van der Waals surface area contributed by atoms with Crippen LogP contribution < -0.4 is 15.4 Å². The predicted molar refractivity (Wildman–Crippen MR) is 223 cm³/mol. The molecule has 0 spiro atoms. The van der Waals surface area contributed by atoms with Gasteiger partial charge in [0.15, 0.2) is 17.6 Å². The molecule has 0 radical (unpaired) electrons. The largest absolute Gasteiger partial charge is 0.495 e. The van der Waals surface area contributed by atoms with Crippen LogP contribution in [0.2, 0.25) is 0 Å². The van der Waals surface area contributed by atoms with Crippen LogP contribution in [0.5, 0.6) is 5.75 Å². The Morgan fingerprint density at radius 3 is 1.93 bits per heavy atom. The lowest BCUT2D eigenvalue weighted by atomic mass is 9.99. The van der Waals surface area contributed by atoms with Gasteiger partial charge in [0.2, 0.25) is 10.0 Å². The summed E-state index contributed by atoms with van der Waals surface area (Å²) in [7, 11) is 0.388. The zero-order valence-electron chi connectivity index (χ0n) is 33.5. The number of aryl methyl sites for hydroxylation is 1. The number of imidazole rings is 1. The quantitative estimate of drug-likeness (QED) is 0.0388. The van der Waals surface area contributed by atoms with Crippen molar-refractivity contribution in [2.24, 2.45) is 0 Å². The van der Waals surface area contributed by atoms with Crippen LogP contribution in [0.25, 0.3) is 0 Å². The van der Waals surface area contributed by atoms with Crippen molar-refractivity contribution in [3.05, 3.63) is 102 Å². The minimum atomic E-state index is -3.79. The van der Waals surface area contributed by atoms with Crippen molar-refractivity contribution in [2.75, 3.05) is 31.8 Å². The molecule has 1 aromatic heterocycles. The first-order valence-corrected chi connectivity index (χ1v) is 21.4. The van der Waals surface area contributed by atoms with Crippen LogP contribution in [0.15, 0.2) is 90.1 Å². The molecular weight excluding hydrogens is 727 g/mol. The summed E-state index contributed by atoms with van der Waals surface area (Å²) in [6, 6.07) is 18.5. The fraction of sp³-hybridized carbons (Fsp3) is 0.455. The van der Waals surface area contributed by atoms with Crippen molar-refractivity contribution in [2.45, 2.75) is 114 Å². The van der Waals surface area contributed by atoms with Crippen molar-refractivity contribution in [1.29, 1.82) is 0 Å². The van der Waals surface area contributed by atoms with Crippen LogP contribution in [-0.2, 0) is 21.2 Å². The van der Waals surface area contributed by atoms with Crippen LogP contribution in [0, 0.1) is 0 Å². The summed E-state index contributed by atoms with van der Waals surface area (Å²) in [6.45, 7) is 2.26. The Kier molecular flexibility index (Phi) is 17.8. The minimum Gasteiger partial charge on any atom is -0.495 e. The molecule has 2 N–H and O–H groups in total. The molecule has 0 saturated heterocycles. The van der Waals surface area contributed by atoms with E-state index in [4.69, 9.17) is 4.74 Å². The van der Waals surface area contributed by atoms with Crippen molar-refractivity contribution < 1.29 is 27.5 Å². The molecule has 4 rings (SSSR count). The van der Waals surface area contributed by atoms with Gasteiger partial charge in [-0.15, -0.1) is 0 Å². The Morgan fingerprint density at radius 2 is 1.36 bits per heavy atom. The number of Topliss-reactive ketones (excluding diaryl/α,β-unsaturated/α-hetero) is 1. The third kappa shape index (κ3) is 12.9. The number of hydrogen-bond acceptors (Lipinski definition) is 7. The first kappa shape index (κ1) is 43.9. The molecule has 56 heavy (non-hydrogen) atoms. The smallest absolute Gasteiger partial charge is 0.291 e. The average Bonchev–Trinajstić information content (AvgIpc) is 3.68. The molecule has 4 aromatic rings. The molecule has 1 heterocycles. The van der Waals surface area contributed by atoms with Crippen molar-refractivity contribution in [3.63, 3.8) is 0 Å². The Morgan fingerprint density at radius 1 is 0.768 bits per heavy atom. The molecule has 2 amide bonds. The first-order valence-electron chi connectivity index (χ1n) is 20.0. The number of anilines is 2. The van der Waals surface area contributed by atoms with Crippen molar-refractivity contribution in [3.8, 4) is 5.75 Å².